The van der Waals surface area contributed by atoms with Crippen LogP contribution in [0.5, 0.6) is 0 Å². The fourth-order valence-corrected chi connectivity index (χ4v) is 2.36. The van der Waals surface area contributed by atoms with Gasteiger partial charge in [-0.2, -0.15) is 0 Å². The minimum absolute atomic E-state index is 0.0594. The molecular weight excluding hydrogens is 341 g/mol. The lowest BCUT2D eigenvalue weighted by Crippen LogP contribution is -2.34. The summed E-state index contributed by atoms with van der Waals surface area (Å²) in [5.74, 6) is -0.958. The summed E-state index contributed by atoms with van der Waals surface area (Å²) in [6.07, 6.45) is 4.77. The highest BCUT2D eigenvalue weighted by Crippen LogP contribution is 2.23. The number of benzene rings is 1. The number of carbonyl (C=O) groups excluding carboxylic acids is 2. The summed E-state index contributed by atoms with van der Waals surface area (Å²) in [7, 11) is 0. The summed E-state index contributed by atoms with van der Waals surface area (Å²) in [4.78, 5) is 23.1. The topological polar surface area (TPSA) is 64.6 Å². The zero-order valence-corrected chi connectivity index (χ0v) is 13.9. The molecule has 5 nitrogen and oxygen atoms in total. The van der Waals surface area contributed by atoms with Crippen LogP contribution in [0.25, 0.3) is 6.08 Å². The number of nitrogens with one attached hydrogen (secondary N) is 1. The van der Waals surface area contributed by atoms with E-state index in [9.17, 15) is 9.59 Å². The van der Waals surface area contributed by atoms with Gasteiger partial charge in [-0.25, -0.2) is 4.79 Å². The van der Waals surface area contributed by atoms with Crippen molar-refractivity contribution in [3.63, 3.8) is 0 Å². The second-order valence-corrected chi connectivity index (χ2v) is 5.87. The molecule has 1 aliphatic heterocycles. The molecule has 1 atom stereocenters. The number of rotatable bonds is 6. The Morgan fingerprint density at radius 3 is 2.87 bits per heavy atom. The maximum absolute atomic E-state index is 11.6. The summed E-state index contributed by atoms with van der Waals surface area (Å²) in [6.45, 7) is 0.849. The molecule has 0 aliphatic carbocycles. The van der Waals surface area contributed by atoms with Gasteiger partial charge in [0.1, 0.15) is 0 Å². The van der Waals surface area contributed by atoms with Gasteiger partial charge in [-0.15, -0.1) is 0 Å². The molecule has 7 heteroatoms. The Morgan fingerprint density at radius 1 is 1.35 bits per heavy atom. The van der Waals surface area contributed by atoms with Crippen molar-refractivity contribution >= 4 is 41.2 Å². The van der Waals surface area contributed by atoms with E-state index in [4.69, 9.17) is 32.7 Å². The van der Waals surface area contributed by atoms with E-state index >= 15 is 0 Å². The monoisotopic (exact) mass is 357 g/mol. The third-order valence-electron chi connectivity index (χ3n) is 3.25. The minimum atomic E-state index is -0.608. The molecule has 0 bridgehead atoms. The Bertz CT molecular complexity index is 598. The van der Waals surface area contributed by atoms with E-state index in [0.717, 1.165) is 19.4 Å². The van der Waals surface area contributed by atoms with E-state index in [1.54, 1.807) is 18.2 Å². The number of esters is 1. The number of ether oxygens (including phenoxy) is 2. The predicted octanol–water partition coefficient (Wildman–Crippen LogP) is 2.85. The van der Waals surface area contributed by atoms with E-state index in [2.05, 4.69) is 5.32 Å². The quantitative estimate of drug-likeness (QED) is 0.627. The Kier molecular flexibility index (Phi) is 6.89. The fourth-order valence-electron chi connectivity index (χ4n) is 2.05. The molecule has 2 rings (SSSR count). The first-order chi connectivity index (χ1) is 11.0. The van der Waals surface area contributed by atoms with Gasteiger partial charge in [-0.3, -0.25) is 4.79 Å². The van der Waals surface area contributed by atoms with Crippen LogP contribution in [0.15, 0.2) is 24.3 Å². The Balaban J connectivity index is 1.70. The van der Waals surface area contributed by atoms with Crippen molar-refractivity contribution in [2.45, 2.75) is 18.9 Å². The lowest BCUT2D eigenvalue weighted by molar-refractivity contribution is -0.143. The van der Waals surface area contributed by atoms with Crippen molar-refractivity contribution in [1.29, 1.82) is 0 Å². The molecule has 0 spiro atoms. The van der Waals surface area contributed by atoms with Crippen LogP contribution in [-0.2, 0) is 19.1 Å². The highest BCUT2D eigenvalue weighted by atomic mass is 35.5. The molecule has 1 aliphatic rings. The second kappa shape index (κ2) is 8.91. The molecule has 0 saturated carbocycles. The molecule has 1 saturated heterocycles. The van der Waals surface area contributed by atoms with Crippen LogP contribution in [0, 0.1) is 0 Å². The van der Waals surface area contributed by atoms with Crippen molar-refractivity contribution in [2.75, 3.05) is 19.8 Å². The van der Waals surface area contributed by atoms with Gasteiger partial charge < -0.3 is 14.8 Å². The van der Waals surface area contributed by atoms with Crippen LogP contribution in [-0.4, -0.2) is 37.7 Å². The average Bonchev–Trinajstić information content (AvgIpc) is 3.05. The van der Waals surface area contributed by atoms with E-state index < -0.39 is 5.97 Å². The predicted molar refractivity (Wildman–Crippen MR) is 88.4 cm³/mol. The van der Waals surface area contributed by atoms with Gasteiger partial charge in [0.2, 0.25) is 0 Å². The minimum Gasteiger partial charge on any atom is -0.452 e. The lowest BCUT2D eigenvalue weighted by atomic mass is 10.2. The second-order valence-electron chi connectivity index (χ2n) is 5.05. The molecule has 0 unspecified atom stereocenters. The van der Waals surface area contributed by atoms with Crippen LogP contribution in [0.2, 0.25) is 10.0 Å². The Morgan fingerprint density at radius 2 is 2.17 bits per heavy atom. The third kappa shape index (κ3) is 6.22. The lowest BCUT2D eigenvalue weighted by Gasteiger charge is -2.10. The number of halogens is 2. The Labute approximate surface area is 144 Å². The molecule has 1 aromatic carbocycles. The zero-order chi connectivity index (χ0) is 16.7. The molecule has 23 heavy (non-hydrogen) atoms. The van der Waals surface area contributed by atoms with Crippen molar-refractivity contribution in [2.24, 2.45) is 0 Å². The van der Waals surface area contributed by atoms with Crippen LogP contribution in [0.4, 0.5) is 0 Å². The summed E-state index contributed by atoms with van der Waals surface area (Å²) < 4.78 is 10.2. The van der Waals surface area contributed by atoms with Gasteiger partial charge in [0.05, 0.1) is 16.1 Å². The molecule has 1 aromatic rings. The summed E-state index contributed by atoms with van der Waals surface area (Å²) in [5.41, 5.74) is 0.708. The highest BCUT2D eigenvalue weighted by Gasteiger charge is 2.16. The zero-order valence-electron chi connectivity index (χ0n) is 12.4. The van der Waals surface area contributed by atoms with Crippen molar-refractivity contribution in [1.82, 2.24) is 5.32 Å². The average molecular weight is 358 g/mol. The van der Waals surface area contributed by atoms with Crippen LogP contribution < -0.4 is 5.32 Å². The molecular formula is C16H17Cl2NO4. The number of hydrogen-bond acceptors (Lipinski definition) is 4. The molecule has 0 aromatic heterocycles. The molecule has 1 amide bonds. The number of hydrogen-bond donors (Lipinski definition) is 1. The van der Waals surface area contributed by atoms with Gasteiger partial charge in [-0.05, 0) is 36.6 Å². The summed E-state index contributed by atoms with van der Waals surface area (Å²) in [6, 6.07) is 4.97. The van der Waals surface area contributed by atoms with E-state index in [1.807, 2.05) is 0 Å². The number of amides is 1. The van der Waals surface area contributed by atoms with Crippen LogP contribution in [0.1, 0.15) is 18.4 Å². The maximum atomic E-state index is 11.6. The third-order valence-corrected chi connectivity index (χ3v) is 3.99. The normalized spacial score (nSPS) is 17.4. The summed E-state index contributed by atoms with van der Waals surface area (Å²) >= 11 is 11.7. The SMILES string of the molecule is O=C(COC(=O)/C=C/c1ccc(Cl)c(Cl)c1)NC[C@H]1CCCO1. The summed E-state index contributed by atoms with van der Waals surface area (Å²) in [5, 5.41) is 3.51. The molecule has 1 fully saturated rings. The largest absolute Gasteiger partial charge is 0.452 e. The van der Waals surface area contributed by atoms with Crippen LogP contribution >= 0.6 is 23.2 Å². The van der Waals surface area contributed by atoms with Crippen LogP contribution in [0.3, 0.4) is 0 Å². The van der Waals surface area contributed by atoms with Gasteiger partial charge in [0.25, 0.3) is 5.91 Å². The van der Waals surface area contributed by atoms with E-state index in [1.165, 1.54) is 12.2 Å². The molecule has 1 N–H and O–H groups in total. The van der Waals surface area contributed by atoms with E-state index in [0.29, 0.717) is 22.2 Å². The van der Waals surface area contributed by atoms with E-state index in [-0.39, 0.29) is 18.6 Å². The first kappa shape index (κ1) is 17.8. The molecule has 0 radical (unpaired) electrons. The van der Waals surface area contributed by atoms with Gasteiger partial charge in [0, 0.05) is 19.2 Å². The van der Waals surface area contributed by atoms with Crippen molar-refractivity contribution in [3.05, 3.63) is 39.9 Å². The maximum Gasteiger partial charge on any atom is 0.331 e. The van der Waals surface area contributed by atoms with Gasteiger partial charge in [-0.1, -0.05) is 29.3 Å². The molecule has 124 valence electrons. The van der Waals surface area contributed by atoms with Crippen molar-refractivity contribution < 1.29 is 19.1 Å². The Hall–Kier alpha value is -1.56. The van der Waals surface area contributed by atoms with Crippen molar-refractivity contribution in [3.8, 4) is 0 Å². The van der Waals surface area contributed by atoms with Gasteiger partial charge >= 0.3 is 5.97 Å². The highest BCUT2D eigenvalue weighted by molar-refractivity contribution is 6.42. The van der Waals surface area contributed by atoms with Gasteiger partial charge in [0.15, 0.2) is 6.61 Å². The molecule has 1 heterocycles. The standard InChI is InChI=1S/C16H17Cl2NO4/c17-13-5-3-11(8-14(13)18)4-6-16(21)23-10-15(20)19-9-12-2-1-7-22-12/h3-6,8,12H,1-2,7,9-10H2,(H,19,20)/b6-4+/t12-/m1/s1. The first-order valence-electron chi connectivity index (χ1n) is 7.23. The fraction of sp³-hybridized carbons (Fsp3) is 0.375. The smallest absolute Gasteiger partial charge is 0.331 e. The number of carbonyl (C=O) groups is 2. The first-order valence-corrected chi connectivity index (χ1v) is 7.98.